The van der Waals surface area contributed by atoms with Crippen LogP contribution in [0, 0.1) is 6.92 Å². The molecule has 104 valence electrons. The quantitative estimate of drug-likeness (QED) is 0.885. The minimum absolute atomic E-state index is 0.409. The number of rotatable bonds is 5. The highest BCUT2D eigenvalue weighted by Crippen LogP contribution is 2.37. The number of ether oxygens (including phenoxy) is 1. The summed E-state index contributed by atoms with van der Waals surface area (Å²) in [4.78, 5) is 20.3. The van der Waals surface area contributed by atoms with E-state index in [1.807, 2.05) is 13.8 Å². The van der Waals surface area contributed by atoms with Gasteiger partial charge in [-0.15, -0.1) is 0 Å². The second-order valence-corrected chi connectivity index (χ2v) is 5.02. The fraction of sp³-hybridized carbons (Fsp3) is 0.643. The van der Waals surface area contributed by atoms with E-state index >= 15 is 0 Å². The second kappa shape index (κ2) is 5.55. The Bertz CT molecular complexity index is 484. The van der Waals surface area contributed by atoms with Crippen LogP contribution in [0.2, 0.25) is 0 Å². The summed E-state index contributed by atoms with van der Waals surface area (Å²) in [5, 5.41) is 9.30. The number of carboxylic acids is 1. The normalized spacial score (nSPS) is 16.8. The van der Waals surface area contributed by atoms with Crippen molar-refractivity contribution in [2.24, 2.45) is 0 Å². The van der Waals surface area contributed by atoms with E-state index in [1.165, 1.54) is 13.5 Å². The van der Waals surface area contributed by atoms with Gasteiger partial charge in [-0.3, -0.25) is 4.79 Å². The molecule has 0 saturated heterocycles. The van der Waals surface area contributed by atoms with Crippen molar-refractivity contribution in [3.8, 4) is 5.88 Å². The summed E-state index contributed by atoms with van der Waals surface area (Å²) in [5.41, 5.74) is 1.34. The maximum Gasteiger partial charge on any atom is 0.311 e. The van der Waals surface area contributed by atoms with E-state index in [9.17, 15) is 9.90 Å². The molecule has 0 aliphatic heterocycles. The molecule has 1 aromatic rings. The van der Waals surface area contributed by atoms with Gasteiger partial charge in [-0.1, -0.05) is 13.3 Å². The van der Waals surface area contributed by atoms with Crippen molar-refractivity contribution in [1.29, 1.82) is 0 Å². The molecule has 1 atom stereocenters. The first kappa shape index (κ1) is 13.8. The topological polar surface area (TPSA) is 72.3 Å². The Morgan fingerprint density at radius 1 is 1.47 bits per heavy atom. The van der Waals surface area contributed by atoms with Crippen LogP contribution in [0.5, 0.6) is 5.88 Å². The molecule has 0 spiro atoms. The first-order valence-corrected chi connectivity index (χ1v) is 6.73. The van der Waals surface area contributed by atoms with Crippen molar-refractivity contribution >= 4 is 5.97 Å². The summed E-state index contributed by atoms with van der Waals surface area (Å²) in [6.07, 6.45) is 3.93. The molecule has 1 heterocycles. The molecule has 0 radical (unpaired) electrons. The largest absolute Gasteiger partial charge is 0.481 e. The van der Waals surface area contributed by atoms with E-state index in [0.717, 1.165) is 24.4 Å². The summed E-state index contributed by atoms with van der Waals surface area (Å²) in [6, 6.07) is 0. The molecule has 5 nitrogen and oxygen atoms in total. The Hall–Kier alpha value is -1.65. The van der Waals surface area contributed by atoms with Crippen LogP contribution in [-0.2, 0) is 4.79 Å². The fourth-order valence-corrected chi connectivity index (χ4v) is 2.48. The zero-order valence-corrected chi connectivity index (χ0v) is 11.6. The van der Waals surface area contributed by atoms with E-state index in [2.05, 4.69) is 9.97 Å². The zero-order valence-electron chi connectivity index (χ0n) is 11.6. The smallest absolute Gasteiger partial charge is 0.311 e. The summed E-state index contributed by atoms with van der Waals surface area (Å²) in [7, 11) is 1.53. The third-order valence-corrected chi connectivity index (χ3v) is 3.84. The van der Waals surface area contributed by atoms with Gasteiger partial charge in [0.25, 0.3) is 0 Å². The average Bonchev–Trinajstić information content (AvgIpc) is 2.29. The van der Waals surface area contributed by atoms with Crippen LogP contribution < -0.4 is 4.74 Å². The number of methoxy groups -OCH3 is 1. The molecular formula is C14H20N2O3. The van der Waals surface area contributed by atoms with Gasteiger partial charge in [-0.05, 0) is 26.2 Å². The van der Waals surface area contributed by atoms with Gasteiger partial charge in [0.2, 0.25) is 5.88 Å². The van der Waals surface area contributed by atoms with Crippen LogP contribution in [0.3, 0.4) is 0 Å². The van der Waals surface area contributed by atoms with Gasteiger partial charge in [0, 0.05) is 17.2 Å². The SMILES string of the molecule is CCC(C(=O)O)c1c(C)nc(C2CCC2)nc1OC. The molecule has 0 aromatic carbocycles. The lowest BCUT2D eigenvalue weighted by Crippen LogP contribution is -2.19. The third kappa shape index (κ3) is 2.55. The Morgan fingerprint density at radius 3 is 2.58 bits per heavy atom. The Morgan fingerprint density at radius 2 is 2.16 bits per heavy atom. The maximum absolute atomic E-state index is 11.3. The van der Waals surface area contributed by atoms with Crippen LogP contribution in [-0.4, -0.2) is 28.2 Å². The van der Waals surface area contributed by atoms with Crippen molar-refractivity contribution in [3.05, 3.63) is 17.1 Å². The second-order valence-electron chi connectivity index (χ2n) is 5.02. The monoisotopic (exact) mass is 264 g/mol. The molecule has 2 rings (SSSR count). The summed E-state index contributed by atoms with van der Waals surface area (Å²) in [5.74, 6) is 0.161. The van der Waals surface area contributed by atoms with Gasteiger partial charge in [-0.2, -0.15) is 4.98 Å². The van der Waals surface area contributed by atoms with E-state index in [4.69, 9.17) is 4.74 Å². The molecule has 0 amide bonds. The molecule has 1 unspecified atom stereocenters. The van der Waals surface area contributed by atoms with Gasteiger partial charge in [0.05, 0.1) is 13.0 Å². The highest BCUT2D eigenvalue weighted by atomic mass is 16.5. The first-order valence-electron chi connectivity index (χ1n) is 6.73. The minimum atomic E-state index is -0.858. The van der Waals surface area contributed by atoms with Crippen molar-refractivity contribution in [1.82, 2.24) is 9.97 Å². The Balaban J connectivity index is 2.45. The molecule has 1 fully saturated rings. The van der Waals surface area contributed by atoms with Gasteiger partial charge in [0.15, 0.2) is 0 Å². The summed E-state index contributed by atoms with van der Waals surface area (Å²) >= 11 is 0. The van der Waals surface area contributed by atoms with E-state index in [1.54, 1.807) is 0 Å². The van der Waals surface area contributed by atoms with Crippen molar-refractivity contribution < 1.29 is 14.6 Å². The molecular weight excluding hydrogens is 244 g/mol. The number of carboxylic acid groups (broad SMARTS) is 1. The predicted octanol–water partition coefficient (Wildman–Crippen LogP) is 2.64. The Kier molecular flexibility index (Phi) is 4.02. The van der Waals surface area contributed by atoms with Crippen LogP contribution in [0.15, 0.2) is 0 Å². The van der Waals surface area contributed by atoms with Crippen molar-refractivity contribution in [2.75, 3.05) is 7.11 Å². The van der Waals surface area contributed by atoms with Gasteiger partial charge in [0.1, 0.15) is 5.82 Å². The lowest BCUT2D eigenvalue weighted by Gasteiger charge is -2.25. The molecule has 0 bridgehead atoms. The molecule has 1 saturated carbocycles. The number of hydrogen-bond donors (Lipinski definition) is 1. The van der Waals surface area contributed by atoms with Gasteiger partial charge < -0.3 is 9.84 Å². The number of aliphatic carboxylic acids is 1. The predicted molar refractivity (Wildman–Crippen MR) is 70.6 cm³/mol. The number of nitrogens with zero attached hydrogens (tertiary/aromatic N) is 2. The summed E-state index contributed by atoms with van der Waals surface area (Å²) in [6.45, 7) is 3.69. The standard InChI is InChI=1S/C14H20N2O3/c1-4-10(14(17)18)11-8(2)15-12(9-6-5-7-9)16-13(11)19-3/h9-10H,4-7H2,1-3H3,(H,17,18). The van der Waals surface area contributed by atoms with Crippen LogP contribution in [0.4, 0.5) is 0 Å². The van der Waals surface area contributed by atoms with Crippen LogP contribution in [0.25, 0.3) is 0 Å². The van der Waals surface area contributed by atoms with Gasteiger partial charge >= 0.3 is 5.97 Å². The highest BCUT2D eigenvalue weighted by Gasteiger charge is 2.29. The highest BCUT2D eigenvalue weighted by molar-refractivity contribution is 5.77. The summed E-state index contributed by atoms with van der Waals surface area (Å²) < 4.78 is 5.30. The molecule has 5 heteroatoms. The molecule has 1 aliphatic rings. The maximum atomic E-state index is 11.3. The zero-order chi connectivity index (χ0) is 14.0. The lowest BCUT2D eigenvalue weighted by atomic mass is 9.84. The minimum Gasteiger partial charge on any atom is -0.481 e. The van der Waals surface area contributed by atoms with E-state index in [-0.39, 0.29) is 0 Å². The van der Waals surface area contributed by atoms with Crippen LogP contribution >= 0.6 is 0 Å². The lowest BCUT2D eigenvalue weighted by molar-refractivity contribution is -0.138. The molecule has 1 aromatic heterocycles. The molecule has 1 N–H and O–H groups in total. The number of aryl methyl sites for hydroxylation is 1. The number of carbonyl (C=O) groups is 1. The Labute approximate surface area is 113 Å². The first-order chi connectivity index (χ1) is 9.08. The number of aromatic nitrogens is 2. The van der Waals surface area contributed by atoms with Gasteiger partial charge in [-0.25, -0.2) is 4.98 Å². The van der Waals surface area contributed by atoms with E-state index in [0.29, 0.717) is 23.8 Å². The third-order valence-electron chi connectivity index (χ3n) is 3.84. The van der Waals surface area contributed by atoms with Crippen molar-refractivity contribution in [2.45, 2.75) is 51.4 Å². The van der Waals surface area contributed by atoms with Crippen LogP contribution in [0.1, 0.15) is 61.5 Å². The average molecular weight is 264 g/mol. The molecule has 19 heavy (non-hydrogen) atoms. The number of hydrogen-bond acceptors (Lipinski definition) is 4. The van der Waals surface area contributed by atoms with E-state index < -0.39 is 11.9 Å². The fourth-order valence-electron chi connectivity index (χ4n) is 2.48. The van der Waals surface area contributed by atoms with Crippen molar-refractivity contribution in [3.63, 3.8) is 0 Å². The molecule has 1 aliphatic carbocycles.